The third-order valence-corrected chi connectivity index (χ3v) is 5.24. The molecule has 0 unspecified atom stereocenters. The number of carbonyl (C=O) groups is 1. The van der Waals surface area contributed by atoms with Crippen molar-refractivity contribution >= 4 is 29.0 Å². The van der Waals surface area contributed by atoms with E-state index in [1.807, 2.05) is 4.90 Å². The molecule has 27 heavy (non-hydrogen) atoms. The minimum atomic E-state index is -0.132. The van der Waals surface area contributed by atoms with Crippen molar-refractivity contribution in [1.82, 2.24) is 14.5 Å². The summed E-state index contributed by atoms with van der Waals surface area (Å²) in [5, 5.41) is 0.543. The molecule has 1 N–H and O–H groups in total. The van der Waals surface area contributed by atoms with E-state index in [0.29, 0.717) is 46.7 Å². The minimum Gasteiger partial charge on any atom is -0.385 e. The number of hydrogen-bond donors (Lipinski definition) is 1. The normalized spacial score (nSPS) is 13.9. The molecular formula is C20H27N3O3S. The number of amides is 1. The highest BCUT2D eigenvalue weighted by Crippen LogP contribution is 2.30. The van der Waals surface area contributed by atoms with Crippen LogP contribution in [0.15, 0.2) is 23.0 Å². The Kier molecular flexibility index (Phi) is 6.44. The number of nitrogens with one attached hydrogen (secondary N) is 1. The van der Waals surface area contributed by atoms with Crippen molar-refractivity contribution in [1.29, 1.82) is 0 Å². The predicted octanol–water partition coefficient (Wildman–Crippen LogP) is 3.36. The van der Waals surface area contributed by atoms with E-state index < -0.39 is 0 Å². The molecule has 0 aliphatic heterocycles. The van der Waals surface area contributed by atoms with Gasteiger partial charge in [0.1, 0.15) is 0 Å². The van der Waals surface area contributed by atoms with Gasteiger partial charge in [-0.05, 0) is 62.0 Å². The molecule has 7 heteroatoms. The van der Waals surface area contributed by atoms with Gasteiger partial charge < -0.3 is 14.6 Å². The van der Waals surface area contributed by atoms with Crippen LogP contribution in [-0.4, -0.2) is 47.2 Å². The maximum absolute atomic E-state index is 12.9. The zero-order valence-corrected chi connectivity index (χ0v) is 16.8. The molecule has 0 radical (unpaired) electrons. The molecule has 0 saturated heterocycles. The molecule has 1 amide bonds. The van der Waals surface area contributed by atoms with Crippen LogP contribution in [0.3, 0.4) is 0 Å². The van der Waals surface area contributed by atoms with Crippen molar-refractivity contribution in [2.75, 3.05) is 26.8 Å². The summed E-state index contributed by atoms with van der Waals surface area (Å²) < 4.78 is 6.97. The first kappa shape index (κ1) is 19.8. The lowest BCUT2D eigenvalue weighted by Crippen LogP contribution is -2.33. The van der Waals surface area contributed by atoms with Crippen LogP contribution >= 0.6 is 12.2 Å². The number of methoxy groups -OCH3 is 1. The predicted molar refractivity (Wildman–Crippen MR) is 109 cm³/mol. The molecule has 146 valence electrons. The van der Waals surface area contributed by atoms with Crippen molar-refractivity contribution in [2.24, 2.45) is 5.92 Å². The van der Waals surface area contributed by atoms with Crippen LogP contribution in [0.2, 0.25) is 0 Å². The lowest BCUT2D eigenvalue weighted by molar-refractivity contribution is 0.0748. The second kappa shape index (κ2) is 8.80. The molecule has 1 aliphatic carbocycles. The van der Waals surface area contributed by atoms with E-state index >= 15 is 0 Å². The second-order valence-corrected chi connectivity index (χ2v) is 7.57. The Labute approximate surface area is 164 Å². The van der Waals surface area contributed by atoms with Gasteiger partial charge in [-0.1, -0.05) is 6.92 Å². The van der Waals surface area contributed by atoms with Crippen LogP contribution in [0.1, 0.15) is 43.0 Å². The Bertz CT molecular complexity index is 930. The maximum atomic E-state index is 12.9. The molecule has 0 bridgehead atoms. The van der Waals surface area contributed by atoms with Gasteiger partial charge in [0.25, 0.3) is 11.5 Å². The molecule has 2 aromatic rings. The van der Waals surface area contributed by atoms with Crippen LogP contribution in [0, 0.1) is 10.7 Å². The molecule has 1 aromatic carbocycles. The number of nitrogens with zero attached hydrogens (tertiary/aromatic N) is 2. The summed E-state index contributed by atoms with van der Waals surface area (Å²) in [5.74, 6) is 0.667. The molecule has 0 atom stereocenters. The second-order valence-electron chi connectivity index (χ2n) is 7.19. The first-order valence-electron chi connectivity index (χ1n) is 9.60. The van der Waals surface area contributed by atoms with Crippen molar-refractivity contribution in [2.45, 2.75) is 39.2 Å². The maximum Gasteiger partial charge on any atom is 0.262 e. The summed E-state index contributed by atoms with van der Waals surface area (Å²) >= 11 is 5.36. The van der Waals surface area contributed by atoms with Gasteiger partial charge in [0.05, 0.1) is 10.9 Å². The van der Waals surface area contributed by atoms with Gasteiger partial charge in [0, 0.05) is 38.9 Å². The molecule has 1 heterocycles. The van der Waals surface area contributed by atoms with E-state index in [9.17, 15) is 9.59 Å². The van der Waals surface area contributed by atoms with E-state index in [4.69, 9.17) is 17.0 Å². The average Bonchev–Trinajstić information content (AvgIpc) is 3.47. The Morgan fingerprint density at radius 1 is 1.41 bits per heavy atom. The van der Waals surface area contributed by atoms with Gasteiger partial charge in [-0.2, -0.15) is 0 Å². The molecule has 1 aromatic heterocycles. The summed E-state index contributed by atoms with van der Waals surface area (Å²) in [4.78, 5) is 30.7. The third kappa shape index (κ3) is 4.65. The molecular weight excluding hydrogens is 362 g/mol. The monoisotopic (exact) mass is 389 g/mol. The third-order valence-electron chi connectivity index (χ3n) is 4.92. The van der Waals surface area contributed by atoms with Crippen LogP contribution in [0.5, 0.6) is 0 Å². The Balaban J connectivity index is 1.90. The van der Waals surface area contributed by atoms with E-state index in [1.54, 1.807) is 29.9 Å². The molecule has 0 spiro atoms. The first-order valence-corrected chi connectivity index (χ1v) is 10.0. The number of aromatic amines is 1. The van der Waals surface area contributed by atoms with Gasteiger partial charge in [-0.3, -0.25) is 14.2 Å². The molecule has 1 saturated carbocycles. The van der Waals surface area contributed by atoms with Crippen LogP contribution in [0.25, 0.3) is 10.9 Å². The van der Waals surface area contributed by atoms with E-state index in [0.717, 1.165) is 19.5 Å². The van der Waals surface area contributed by atoms with Crippen molar-refractivity contribution in [3.63, 3.8) is 0 Å². The van der Waals surface area contributed by atoms with Gasteiger partial charge >= 0.3 is 0 Å². The van der Waals surface area contributed by atoms with Crippen LogP contribution in [0.4, 0.5) is 0 Å². The van der Waals surface area contributed by atoms with E-state index in [-0.39, 0.29) is 11.5 Å². The number of ether oxygens (including phenoxy) is 1. The van der Waals surface area contributed by atoms with E-state index in [1.165, 1.54) is 12.8 Å². The zero-order valence-electron chi connectivity index (χ0n) is 16.0. The number of carbonyl (C=O) groups excluding carboxylic acids is 1. The highest BCUT2D eigenvalue weighted by Gasteiger charge is 2.27. The quantitative estimate of drug-likeness (QED) is 0.527. The fraction of sp³-hybridized carbons (Fsp3) is 0.550. The number of rotatable bonds is 9. The Hall–Kier alpha value is -1.99. The van der Waals surface area contributed by atoms with Crippen LogP contribution in [-0.2, 0) is 11.3 Å². The lowest BCUT2D eigenvalue weighted by Gasteiger charge is -2.22. The Morgan fingerprint density at radius 2 is 2.19 bits per heavy atom. The minimum absolute atomic E-state index is 0.0224. The number of benzene rings is 1. The standard InChI is InChI=1S/C20H27N3O3S/c1-3-9-22(13-14-5-6-14)18(24)15-7-8-16-17(12-15)21-20(27)23(19(16)25)10-4-11-26-2/h7-8,12,14H,3-6,9-11,13H2,1-2H3,(H,21,27). The fourth-order valence-electron chi connectivity index (χ4n) is 3.30. The number of hydrogen-bond acceptors (Lipinski definition) is 4. The SMILES string of the molecule is CCCN(CC1CC1)C(=O)c1ccc2c(=O)n(CCCOC)c(=S)[nH]c2c1. The molecule has 3 rings (SSSR count). The van der Waals surface area contributed by atoms with Crippen molar-refractivity contribution < 1.29 is 9.53 Å². The first-order chi connectivity index (χ1) is 13.0. The summed E-state index contributed by atoms with van der Waals surface area (Å²) in [7, 11) is 1.63. The average molecular weight is 390 g/mol. The summed E-state index contributed by atoms with van der Waals surface area (Å²) in [6, 6.07) is 5.23. The van der Waals surface area contributed by atoms with Gasteiger partial charge in [-0.15, -0.1) is 0 Å². The molecule has 1 aliphatic rings. The van der Waals surface area contributed by atoms with Gasteiger partial charge in [-0.25, -0.2) is 0 Å². The van der Waals surface area contributed by atoms with E-state index in [2.05, 4.69) is 11.9 Å². The fourth-order valence-corrected chi connectivity index (χ4v) is 3.58. The molecule has 1 fully saturated rings. The number of H-pyrrole nitrogens is 1. The van der Waals surface area contributed by atoms with Gasteiger partial charge in [0.15, 0.2) is 4.77 Å². The Morgan fingerprint density at radius 3 is 2.85 bits per heavy atom. The topological polar surface area (TPSA) is 67.3 Å². The highest BCUT2D eigenvalue weighted by atomic mass is 32.1. The van der Waals surface area contributed by atoms with Crippen molar-refractivity contribution in [3.8, 4) is 0 Å². The van der Waals surface area contributed by atoms with Gasteiger partial charge in [0.2, 0.25) is 0 Å². The number of aromatic nitrogens is 2. The van der Waals surface area contributed by atoms with Crippen LogP contribution < -0.4 is 5.56 Å². The highest BCUT2D eigenvalue weighted by molar-refractivity contribution is 7.71. The summed E-state index contributed by atoms with van der Waals surface area (Å²) in [6.45, 7) is 4.73. The smallest absolute Gasteiger partial charge is 0.262 e. The van der Waals surface area contributed by atoms with Crippen molar-refractivity contribution in [3.05, 3.63) is 38.9 Å². The lowest BCUT2D eigenvalue weighted by atomic mass is 10.1. The summed E-state index contributed by atoms with van der Waals surface area (Å²) in [5.41, 5.74) is 1.08. The summed E-state index contributed by atoms with van der Waals surface area (Å²) in [6.07, 6.45) is 4.06. The zero-order chi connectivity index (χ0) is 19.4. The largest absolute Gasteiger partial charge is 0.385 e. The number of fused-ring (bicyclic) bond motifs is 1. The molecule has 6 nitrogen and oxygen atoms in total.